The third kappa shape index (κ3) is 3.27. The first-order chi connectivity index (χ1) is 11.6. The third-order valence-electron chi connectivity index (χ3n) is 5.82. The van der Waals surface area contributed by atoms with Crippen LogP contribution in [0.25, 0.3) is 11.1 Å². The Hall–Kier alpha value is -0.110. The van der Waals surface area contributed by atoms with E-state index in [1.54, 1.807) is 3.28 Å². The smallest absolute Gasteiger partial charge is 0.147 e. The molecule has 0 bridgehead atoms. The number of rotatable bonds is 4. The molecule has 0 aliphatic heterocycles. The first-order valence-corrected chi connectivity index (χ1v) is 22.3. The van der Waals surface area contributed by atoms with E-state index < -0.39 is 16.2 Å². The van der Waals surface area contributed by atoms with Crippen LogP contribution in [0.3, 0.4) is 0 Å². The van der Waals surface area contributed by atoms with Crippen LogP contribution in [0.4, 0.5) is 0 Å². The van der Waals surface area contributed by atoms with E-state index in [-0.39, 0.29) is 24.8 Å². The van der Waals surface area contributed by atoms with E-state index in [1.807, 2.05) is 0 Å². The average Bonchev–Trinajstić information content (AvgIpc) is 3.22. The minimum atomic E-state index is -3.68. The maximum absolute atomic E-state index is 7.88. The summed E-state index contributed by atoms with van der Waals surface area (Å²) in [4.78, 5) is 0. The van der Waals surface area contributed by atoms with Crippen molar-refractivity contribution in [2.45, 2.75) is 27.5 Å². The molecule has 2 aromatic rings. The Balaban J connectivity index is 0.00000121. The van der Waals surface area contributed by atoms with E-state index in [2.05, 4.69) is 80.6 Å². The van der Waals surface area contributed by atoms with Crippen LogP contribution in [0.5, 0.6) is 0 Å². The number of benzene rings is 2. The van der Waals surface area contributed by atoms with E-state index >= 15 is 0 Å². The molecule has 0 heterocycles. The van der Waals surface area contributed by atoms with Crippen molar-refractivity contribution in [1.29, 1.82) is 0 Å². The number of fused-ring (bicyclic) bond motifs is 3. The monoisotopic (exact) mass is 500 g/mol. The Morgan fingerprint density at radius 1 is 1.00 bits per heavy atom. The summed E-state index contributed by atoms with van der Waals surface area (Å²) in [6.07, 6.45) is 9.04. The maximum atomic E-state index is 7.88. The van der Waals surface area contributed by atoms with Crippen LogP contribution in [0.2, 0.25) is 4.13 Å². The second-order valence-electron chi connectivity index (χ2n) is 7.31. The van der Waals surface area contributed by atoms with Crippen LogP contribution in [0.15, 0.2) is 70.0 Å². The zero-order chi connectivity index (χ0) is 16.8. The van der Waals surface area contributed by atoms with Gasteiger partial charge in [-0.25, -0.2) is 0 Å². The zero-order valence-electron chi connectivity index (χ0n) is 15.0. The van der Waals surface area contributed by atoms with Gasteiger partial charge in [0, 0.05) is 0 Å². The number of halogens is 3. The zero-order valence-corrected chi connectivity index (χ0v) is 21.2. The van der Waals surface area contributed by atoms with Crippen molar-refractivity contribution in [3.05, 3.63) is 81.2 Å². The topological polar surface area (TPSA) is 0 Å². The third-order valence-corrected chi connectivity index (χ3v) is 30.2. The molecule has 4 rings (SSSR count). The molecule has 26 heavy (non-hydrogen) atoms. The molecule has 0 aromatic heterocycles. The maximum Gasteiger partial charge on any atom is -0.147 e. The first-order valence-electron chi connectivity index (χ1n) is 8.84. The van der Waals surface area contributed by atoms with E-state index in [1.165, 1.54) is 26.4 Å². The van der Waals surface area contributed by atoms with Gasteiger partial charge >= 0.3 is 151 Å². The van der Waals surface area contributed by atoms with Crippen molar-refractivity contribution < 1.29 is 16.2 Å². The summed E-state index contributed by atoms with van der Waals surface area (Å²) in [7, 11) is 7.88. The van der Waals surface area contributed by atoms with Crippen LogP contribution < -0.4 is 0 Å². The van der Waals surface area contributed by atoms with Crippen LogP contribution in [-0.2, 0) is 16.2 Å². The largest absolute Gasteiger partial charge is 0.147 e. The molecule has 138 valence electrons. The Labute approximate surface area is 175 Å². The summed E-state index contributed by atoms with van der Waals surface area (Å²) in [5.41, 5.74) is 5.73. The second-order valence-corrected chi connectivity index (χ2v) is 37.3. The van der Waals surface area contributed by atoms with Gasteiger partial charge in [-0.2, -0.15) is 0 Å². The number of allylic oxidation sites excluding steroid dienone is 4. The van der Waals surface area contributed by atoms with Crippen molar-refractivity contribution in [2.75, 3.05) is 0 Å². The van der Waals surface area contributed by atoms with Gasteiger partial charge in [0.25, 0.3) is 0 Å². The van der Waals surface area contributed by atoms with Crippen molar-refractivity contribution >= 4 is 40.2 Å². The quantitative estimate of drug-likeness (QED) is 0.410. The molecule has 2 aliphatic rings. The van der Waals surface area contributed by atoms with E-state index in [4.69, 9.17) is 8.51 Å². The van der Waals surface area contributed by atoms with Crippen LogP contribution in [0, 0.1) is 0 Å². The van der Waals surface area contributed by atoms with Gasteiger partial charge in [0.15, 0.2) is 0 Å². The van der Waals surface area contributed by atoms with Crippen molar-refractivity contribution in [2.24, 2.45) is 0 Å². The van der Waals surface area contributed by atoms with Gasteiger partial charge in [0.05, 0.1) is 0 Å². The molecule has 0 radical (unpaired) electrons. The molecule has 0 atom stereocenters. The molecular formula is C21H25Cl3SiZr. The first kappa shape index (κ1) is 22.2. The van der Waals surface area contributed by atoms with Crippen molar-refractivity contribution in [1.82, 2.24) is 0 Å². The molecule has 5 heteroatoms. The SMILES string of the molecule is CC[CH2][Zr](=[SiH2])([Cl])([C]1=CC=CC1)[CH]1c2ccccc2-c2ccccc21.Cl.Cl. The molecule has 0 fully saturated rings. The minimum absolute atomic E-state index is 0. The van der Waals surface area contributed by atoms with Gasteiger partial charge < -0.3 is 0 Å². The fourth-order valence-electron chi connectivity index (χ4n) is 4.79. The minimum Gasteiger partial charge on any atom is -0.147 e. The Morgan fingerprint density at radius 2 is 1.54 bits per heavy atom. The van der Waals surface area contributed by atoms with Gasteiger partial charge in [-0.1, -0.05) is 0 Å². The Kier molecular flexibility index (Phi) is 6.91. The summed E-state index contributed by atoms with van der Waals surface area (Å²) in [6.45, 7) is 4.50. The molecule has 2 aromatic carbocycles. The predicted octanol–water partition coefficient (Wildman–Crippen LogP) is 6.66. The molecule has 0 saturated heterocycles. The molecule has 0 N–H and O–H groups in total. The van der Waals surface area contributed by atoms with Crippen molar-refractivity contribution in [3.63, 3.8) is 0 Å². The van der Waals surface area contributed by atoms with Crippen molar-refractivity contribution in [3.8, 4) is 11.1 Å². The Morgan fingerprint density at radius 3 is 2.00 bits per heavy atom. The fourth-order valence-corrected chi connectivity index (χ4v) is 26.9. The molecular weight excluding hydrogens is 478 g/mol. The van der Waals surface area contributed by atoms with Gasteiger partial charge in [-0.3, -0.25) is 0 Å². The van der Waals surface area contributed by atoms with E-state index in [9.17, 15) is 0 Å². The summed E-state index contributed by atoms with van der Waals surface area (Å²) in [5.74, 6) is 0. The molecule has 2 aliphatic carbocycles. The molecule has 0 saturated carbocycles. The van der Waals surface area contributed by atoms with E-state index in [0.29, 0.717) is 3.63 Å². The summed E-state index contributed by atoms with van der Waals surface area (Å²) in [6, 6.07) is 17.9. The van der Waals surface area contributed by atoms with Gasteiger partial charge in [0.1, 0.15) is 0 Å². The van der Waals surface area contributed by atoms with Gasteiger partial charge in [-0.05, 0) is 0 Å². The number of hydrogen-bond donors (Lipinski definition) is 0. The molecule has 0 unspecified atom stereocenters. The molecule has 0 spiro atoms. The Bertz CT molecular complexity index is 902. The van der Waals surface area contributed by atoms with Crippen LogP contribution in [0.1, 0.15) is 34.5 Å². The summed E-state index contributed by atoms with van der Waals surface area (Å²) < 4.78 is 3.15. The normalized spacial score (nSPS) is 15.6. The second kappa shape index (κ2) is 8.10. The van der Waals surface area contributed by atoms with Gasteiger partial charge in [0.2, 0.25) is 0 Å². The van der Waals surface area contributed by atoms with Crippen LogP contribution >= 0.6 is 33.3 Å². The number of hydrogen-bond acceptors (Lipinski definition) is 0. The fraction of sp³-hybridized carbons (Fsp3) is 0.238. The molecule has 0 amide bonds. The predicted molar refractivity (Wildman–Crippen MR) is 120 cm³/mol. The standard InChI is InChI=1S/C13H9.C5H5.C3H7.3ClH.H2Si.Zr/c1-3-7-12-10(5-1)9-11-6-2-4-8-13(11)12;1-2-4-5-3-1;1-3-2;;;;;/h1-9H;1-3H,4H2;1,3H2,2H3;3*1H;1H2;/q;;;;;;;+1/p-1. The van der Waals surface area contributed by atoms with Gasteiger partial charge in [-0.15, -0.1) is 24.8 Å². The van der Waals surface area contributed by atoms with E-state index in [0.717, 1.165) is 12.8 Å². The van der Waals surface area contributed by atoms with Crippen LogP contribution in [-0.4, -0.2) is 6.88 Å². The summed E-state index contributed by atoms with van der Waals surface area (Å²) in [5, 5.41) is 0. The average molecular weight is 503 g/mol. The molecule has 0 nitrogen and oxygen atoms in total. The summed E-state index contributed by atoms with van der Waals surface area (Å²) >= 11 is -3.68.